The second-order valence-corrected chi connectivity index (χ2v) is 2.89. The maximum Gasteiger partial charge on any atom is 0.307 e. The highest BCUT2D eigenvalue weighted by Gasteiger charge is 2.17. The molecule has 0 amide bonds. The molecule has 4 heteroatoms. The number of hydrogen-bond acceptors (Lipinski definition) is 4. The van der Waals surface area contributed by atoms with Crippen molar-refractivity contribution in [2.45, 2.75) is 26.3 Å². The van der Waals surface area contributed by atoms with Gasteiger partial charge < -0.3 is 10.5 Å². The Balaban J connectivity index is 4.06. The van der Waals surface area contributed by atoms with Gasteiger partial charge in [-0.15, -0.1) is 0 Å². The highest BCUT2D eigenvalue weighted by atomic mass is 16.5. The minimum absolute atomic E-state index is 0.113. The third-order valence-electron chi connectivity index (χ3n) is 2.23. The molecule has 0 aromatic rings. The third kappa shape index (κ3) is 4.24. The van der Waals surface area contributed by atoms with Crippen LogP contribution in [0.4, 0.5) is 0 Å². The van der Waals surface area contributed by atoms with Crippen LogP contribution in [0.2, 0.25) is 0 Å². The molecule has 1 unspecified atom stereocenters. The Labute approximate surface area is 80.0 Å². The first kappa shape index (κ1) is 12.4. The number of methoxy groups -OCH3 is 1. The summed E-state index contributed by atoms with van der Waals surface area (Å²) in [5.41, 5.74) is 5.58. The van der Waals surface area contributed by atoms with Gasteiger partial charge in [-0.1, -0.05) is 13.8 Å². The van der Waals surface area contributed by atoms with Gasteiger partial charge in [-0.05, 0) is 13.1 Å². The fourth-order valence-corrected chi connectivity index (χ4v) is 1.38. The highest BCUT2D eigenvalue weighted by molar-refractivity contribution is 5.69. The number of ether oxygens (including phenoxy) is 1. The Bertz CT molecular complexity index is 147. The molecule has 0 aromatic carbocycles. The molecule has 0 spiro atoms. The molecule has 78 valence electrons. The zero-order valence-corrected chi connectivity index (χ0v) is 8.75. The van der Waals surface area contributed by atoms with Crippen molar-refractivity contribution in [2.75, 3.05) is 26.7 Å². The lowest BCUT2D eigenvalue weighted by Crippen LogP contribution is -2.42. The molecule has 0 saturated heterocycles. The van der Waals surface area contributed by atoms with Crippen molar-refractivity contribution in [3.63, 3.8) is 0 Å². The van der Waals surface area contributed by atoms with E-state index in [4.69, 9.17) is 5.73 Å². The highest BCUT2D eigenvalue weighted by Crippen LogP contribution is 2.03. The standard InChI is InChI=1S/C9H20N2O2/c1-4-11(5-2)8(7-10)6-9(12)13-3/h8H,4-7,10H2,1-3H3. The van der Waals surface area contributed by atoms with Crippen LogP contribution < -0.4 is 5.73 Å². The predicted molar refractivity (Wildman–Crippen MR) is 52.4 cm³/mol. The summed E-state index contributed by atoms with van der Waals surface area (Å²) in [6.45, 7) is 6.44. The third-order valence-corrected chi connectivity index (χ3v) is 2.23. The van der Waals surface area contributed by atoms with Crippen LogP contribution in [0, 0.1) is 0 Å². The molecule has 0 aromatic heterocycles. The Morgan fingerprint density at radius 2 is 2.00 bits per heavy atom. The second-order valence-electron chi connectivity index (χ2n) is 2.89. The normalized spacial score (nSPS) is 13.0. The molecule has 0 bridgehead atoms. The predicted octanol–water partition coefficient (Wildman–Crippen LogP) is 0.219. The smallest absolute Gasteiger partial charge is 0.307 e. The van der Waals surface area contributed by atoms with Gasteiger partial charge in [-0.3, -0.25) is 9.69 Å². The molecule has 0 aliphatic carbocycles. The first-order valence-corrected chi connectivity index (χ1v) is 4.70. The van der Waals surface area contributed by atoms with E-state index in [1.54, 1.807) is 0 Å². The molecule has 0 radical (unpaired) electrons. The van der Waals surface area contributed by atoms with Crippen LogP contribution in [0.15, 0.2) is 0 Å². The van der Waals surface area contributed by atoms with Crippen molar-refractivity contribution >= 4 is 5.97 Å². The maximum atomic E-state index is 11.0. The van der Waals surface area contributed by atoms with E-state index in [0.29, 0.717) is 13.0 Å². The van der Waals surface area contributed by atoms with E-state index in [1.807, 2.05) is 0 Å². The van der Waals surface area contributed by atoms with Crippen LogP contribution in [0.3, 0.4) is 0 Å². The SMILES string of the molecule is CCN(CC)C(CN)CC(=O)OC. The topological polar surface area (TPSA) is 55.6 Å². The van der Waals surface area contributed by atoms with Gasteiger partial charge in [0.2, 0.25) is 0 Å². The molecule has 0 aliphatic rings. The van der Waals surface area contributed by atoms with Gasteiger partial charge >= 0.3 is 5.97 Å². The van der Waals surface area contributed by atoms with Crippen LogP contribution in [0.1, 0.15) is 20.3 Å². The lowest BCUT2D eigenvalue weighted by atomic mass is 10.2. The zero-order valence-electron chi connectivity index (χ0n) is 8.75. The lowest BCUT2D eigenvalue weighted by molar-refractivity contribution is -0.141. The van der Waals surface area contributed by atoms with Gasteiger partial charge in [0.25, 0.3) is 0 Å². The van der Waals surface area contributed by atoms with Crippen molar-refractivity contribution < 1.29 is 9.53 Å². The number of carbonyl (C=O) groups is 1. The maximum absolute atomic E-state index is 11.0. The van der Waals surface area contributed by atoms with E-state index in [2.05, 4.69) is 23.5 Å². The summed E-state index contributed by atoms with van der Waals surface area (Å²) < 4.78 is 4.60. The average molecular weight is 188 g/mol. The van der Waals surface area contributed by atoms with Crippen molar-refractivity contribution in [3.8, 4) is 0 Å². The van der Waals surface area contributed by atoms with Gasteiger partial charge in [0.1, 0.15) is 0 Å². The van der Waals surface area contributed by atoms with Gasteiger partial charge in [0, 0.05) is 12.6 Å². The quantitative estimate of drug-likeness (QED) is 0.606. The lowest BCUT2D eigenvalue weighted by Gasteiger charge is -2.27. The number of carbonyl (C=O) groups excluding carboxylic acids is 1. The second kappa shape index (κ2) is 6.86. The summed E-state index contributed by atoms with van der Waals surface area (Å²) in [4.78, 5) is 13.2. The fraction of sp³-hybridized carbons (Fsp3) is 0.889. The number of nitrogens with zero attached hydrogens (tertiary/aromatic N) is 1. The molecule has 0 fully saturated rings. The molecule has 4 nitrogen and oxygen atoms in total. The number of rotatable bonds is 6. The van der Waals surface area contributed by atoms with Crippen LogP contribution in [0.25, 0.3) is 0 Å². The monoisotopic (exact) mass is 188 g/mol. The van der Waals surface area contributed by atoms with E-state index in [9.17, 15) is 4.79 Å². The van der Waals surface area contributed by atoms with E-state index in [1.165, 1.54) is 7.11 Å². The van der Waals surface area contributed by atoms with E-state index in [-0.39, 0.29) is 12.0 Å². The van der Waals surface area contributed by atoms with Crippen molar-refractivity contribution in [3.05, 3.63) is 0 Å². The molecule has 2 N–H and O–H groups in total. The van der Waals surface area contributed by atoms with Crippen molar-refractivity contribution in [1.29, 1.82) is 0 Å². The minimum atomic E-state index is -0.192. The van der Waals surface area contributed by atoms with E-state index >= 15 is 0 Å². The Morgan fingerprint density at radius 3 is 2.31 bits per heavy atom. The van der Waals surface area contributed by atoms with Gasteiger partial charge in [0.05, 0.1) is 13.5 Å². The summed E-state index contributed by atoms with van der Waals surface area (Å²) >= 11 is 0. The number of nitrogens with two attached hydrogens (primary N) is 1. The molecule has 13 heavy (non-hydrogen) atoms. The van der Waals surface area contributed by atoms with Crippen LogP contribution in [-0.2, 0) is 9.53 Å². The molecular weight excluding hydrogens is 168 g/mol. The van der Waals surface area contributed by atoms with Crippen molar-refractivity contribution in [1.82, 2.24) is 4.90 Å². The number of hydrogen-bond donors (Lipinski definition) is 1. The van der Waals surface area contributed by atoms with Gasteiger partial charge in [0.15, 0.2) is 0 Å². The van der Waals surface area contributed by atoms with Crippen molar-refractivity contribution in [2.24, 2.45) is 5.73 Å². The molecular formula is C9H20N2O2. The van der Waals surface area contributed by atoms with Gasteiger partial charge in [-0.25, -0.2) is 0 Å². The molecule has 0 heterocycles. The molecule has 0 saturated carbocycles. The van der Waals surface area contributed by atoms with Crippen LogP contribution >= 0.6 is 0 Å². The minimum Gasteiger partial charge on any atom is -0.469 e. The fourth-order valence-electron chi connectivity index (χ4n) is 1.38. The summed E-state index contributed by atoms with van der Waals surface area (Å²) in [5, 5.41) is 0. The van der Waals surface area contributed by atoms with Gasteiger partial charge in [-0.2, -0.15) is 0 Å². The molecule has 0 aliphatic heterocycles. The van der Waals surface area contributed by atoms with Crippen LogP contribution in [0.5, 0.6) is 0 Å². The first-order chi connectivity index (χ1) is 6.19. The average Bonchev–Trinajstić information content (AvgIpc) is 2.17. The number of esters is 1. The Kier molecular flexibility index (Phi) is 6.54. The zero-order chi connectivity index (χ0) is 10.3. The first-order valence-electron chi connectivity index (χ1n) is 4.70. The summed E-state index contributed by atoms with van der Waals surface area (Å²) in [6, 6.07) is 0.113. The Hall–Kier alpha value is -0.610. The number of likely N-dealkylation sites (N-methyl/N-ethyl adjacent to an activating group) is 1. The summed E-state index contributed by atoms with van der Waals surface area (Å²) in [7, 11) is 1.40. The van der Waals surface area contributed by atoms with E-state index in [0.717, 1.165) is 13.1 Å². The summed E-state index contributed by atoms with van der Waals surface area (Å²) in [5.74, 6) is -0.192. The largest absolute Gasteiger partial charge is 0.469 e. The Morgan fingerprint density at radius 1 is 1.46 bits per heavy atom. The molecule has 1 atom stereocenters. The van der Waals surface area contributed by atoms with Crippen LogP contribution in [-0.4, -0.2) is 43.7 Å². The van der Waals surface area contributed by atoms with E-state index < -0.39 is 0 Å². The molecule has 0 rings (SSSR count). The summed E-state index contributed by atoms with van der Waals surface area (Å²) in [6.07, 6.45) is 0.384.